The summed E-state index contributed by atoms with van der Waals surface area (Å²) >= 11 is 0. The molecule has 0 atom stereocenters. The number of phenols is 1. The molecule has 0 amide bonds. The maximum absolute atomic E-state index is 9.23. The summed E-state index contributed by atoms with van der Waals surface area (Å²) in [6, 6.07) is 6.99. The molecule has 4 nitrogen and oxygen atoms in total. The Morgan fingerprint density at radius 1 is 1.38 bits per heavy atom. The Bertz CT molecular complexity index is 360. The first-order valence-corrected chi connectivity index (χ1v) is 3.93. The van der Waals surface area contributed by atoms with Crippen molar-refractivity contribution in [2.45, 2.75) is 0 Å². The van der Waals surface area contributed by atoms with Crippen LogP contribution in [0, 0.1) is 0 Å². The van der Waals surface area contributed by atoms with Gasteiger partial charge in [0, 0.05) is 11.8 Å². The molecule has 0 saturated heterocycles. The van der Waals surface area contributed by atoms with Gasteiger partial charge in [0.05, 0.1) is 6.34 Å². The van der Waals surface area contributed by atoms with Crippen molar-refractivity contribution in [1.82, 2.24) is 0 Å². The minimum absolute atomic E-state index is 0.250. The molecule has 1 aliphatic rings. The molecule has 0 fully saturated rings. The van der Waals surface area contributed by atoms with Crippen LogP contribution >= 0.6 is 0 Å². The van der Waals surface area contributed by atoms with Crippen molar-refractivity contribution in [3.63, 3.8) is 0 Å². The number of anilines is 1. The van der Waals surface area contributed by atoms with Crippen LogP contribution in [0.5, 0.6) is 5.75 Å². The van der Waals surface area contributed by atoms with E-state index in [-0.39, 0.29) is 5.75 Å². The smallest absolute Gasteiger partial charge is 0.117 e. The van der Waals surface area contributed by atoms with Crippen LogP contribution in [0.25, 0.3) is 0 Å². The maximum atomic E-state index is 9.23. The zero-order valence-corrected chi connectivity index (χ0v) is 6.96. The molecule has 1 aromatic carbocycles. The Balaban J connectivity index is 2.25. The molecule has 0 radical (unpaired) electrons. The average Bonchev–Trinajstić information content (AvgIpc) is 2.19. The van der Waals surface area contributed by atoms with Gasteiger partial charge in [0.2, 0.25) is 0 Å². The monoisotopic (exact) mass is 175 g/mol. The van der Waals surface area contributed by atoms with Crippen LogP contribution in [-0.2, 0) is 0 Å². The molecule has 0 aromatic heterocycles. The van der Waals surface area contributed by atoms with E-state index < -0.39 is 0 Å². The number of aliphatic imine (C=N–C) groups is 2. The molecule has 66 valence electrons. The molecule has 1 aromatic rings. The maximum Gasteiger partial charge on any atom is 0.117 e. The molecule has 0 aliphatic carbocycles. The predicted molar refractivity (Wildman–Crippen MR) is 52.4 cm³/mol. The molecule has 1 heterocycles. The number of nitrogens with zero attached hydrogens (tertiary/aromatic N) is 3. The second kappa shape index (κ2) is 3.26. The first-order valence-electron chi connectivity index (χ1n) is 3.93. The largest absolute Gasteiger partial charge is 0.508 e. The standard InChI is InChI=1S/C9H9N3O/c13-9-3-1-2-8(4-9)12-6-10-5-11-7-12/h1-6,13H,7H2. The fourth-order valence-electron chi connectivity index (χ4n) is 1.14. The van der Waals surface area contributed by atoms with Crippen molar-refractivity contribution in [2.24, 2.45) is 9.98 Å². The van der Waals surface area contributed by atoms with Gasteiger partial charge in [-0.25, -0.2) is 4.99 Å². The molecular formula is C9H9N3O. The number of hydrogen-bond acceptors (Lipinski definition) is 4. The van der Waals surface area contributed by atoms with E-state index in [0.717, 1.165) is 5.69 Å². The summed E-state index contributed by atoms with van der Waals surface area (Å²) in [4.78, 5) is 9.73. The van der Waals surface area contributed by atoms with Crippen LogP contribution in [0.2, 0.25) is 0 Å². The van der Waals surface area contributed by atoms with Gasteiger partial charge in [0.25, 0.3) is 0 Å². The number of benzene rings is 1. The zero-order valence-electron chi connectivity index (χ0n) is 6.96. The van der Waals surface area contributed by atoms with E-state index >= 15 is 0 Å². The number of hydrogen-bond donors (Lipinski definition) is 1. The molecule has 0 spiro atoms. The van der Waals surface area contributed by atoms with Crippen LogP contribution in [0.15, 0.2) is 34.3 Å². The molecule has 1 N–H and O–H groups in total. The van der Waals surface area contributed by atoms with Gasteiger partial charge in [0.1, 0.15) is 18.8 Å². The molecule has 0 unspecified atom stereocenters. The summed E-state index contributed by atoms with van der Waals surface area (Å²) in [7, 11) is 0. The van der Waals surface area contributed by atoms with Gasteiger partial charge < -0.3 is 10.0 Å². The summed E-state index contributed by atoms with van der Waals surface area (Å²) in [6.07, 6.45) is 3.20. The fourth-order valence-corrected chi connectivity index (χ4v) is 1.14. The van der Waals surface area contributed by atoms with Crippen LogP contribution in [-0.4, -0.2) is 24.5 Å². The lowest BCUT2D eigenvalue weighted by Crippen LogP contribution is -2.23. The predicted octanol–water partition coefficient (Wildman–Crippen LogP) is 1.23. The minimum Gasteiger partial charge on any atom is -0.508 e. The van der Waals surface area contributed by atoms with E-state index in [9.17, 15) is 5.11 Å². The zero-order chi connectivity index (χ0) is 9.10. The van der Waals surface area contributed by atoms with Gasteiger partial charge in [-0.1, -0.05) is 6.07 Å². The van der Waals surface area contributed by atoms with Gasteiger partial charge >= 0.3 is 0 Å². The van der Waals surface area contributed by atoms with Crippen molar-refractivity contribution in [3.8, 4) is 5.75 Å². The lowest BCUT2D eigenvalue weighted by molar-refractivity contribution is 0.475. The Morgan fingerprint density at radius 3 is 3.00 bits per heavy atom. The number of aromatic hydroxyl groups is 1. The Labute approximate surface area is 75.9 Å². The minimum atomic E-state index is 0.250. The van der Waals surface area contributed by atoms with E-state index in [4.69, 9.17) is 0 Å². The Morgan fingerprint density at radius 2 is 2.31 bits per heavy atom. The van der Waals surface area contributed by atoms with E-state index in [0.29, 0.717) is 6.67 Å². The average molecular weight is 175 g/mol. The van der Waals surface area contributed by atoms with Gasteiger partial charge in [-0.05, 0) is 12.1 Å². The molecule has 0 bridgehead atoms. The van der Waals surface area contributed by atoms with E-state index in [1.807, 2.05) is 11.0 Å². The lowest BCUT2D eigenvalue weighted by Gasteiger charge is -2.18. The van der Waals surface area contributed by atoms with E-state index in [1.165, 1.54) is 6.34 Å². The molecule has 1 aliphatic heterocycles. The van der Waals surface area contributed by atoms with Crippen molar-refractivity contribution in [2.75, 3.05) is 11.6 Å². The SMILES string of the molecule is Oc1cccc(N2C=NC=NC2)c1. The third-order valence-corrected chi connectivity index (χ3v) is 1.75. The van der Waals surface area contributed by atoms with Gasteiger partial charge in [-0.3, -0.25) is 4.99 Å². The van der Waals surface area contributed by atoms with Gasteiger partial charge in [0.15, 0.2) is 0 Å². The molecule has 0 saturated carbocycles. The number of rotatable bonds is 1. The highest BCUT2D eigenvalue weighted by Gasteiger charge is 2.04. The molecule has 13 heavy (non-hydrogen) atoms. The Kier molecular flexibility index (Phi) is 1.96. The van der Waals surface area contributed by atoms with Gasteiger partial charge in [-0.15, -0.1) is 0 Å². The van der Waals surface area contributed by atoms with Crippen molar-refractivity contribution in [1.29, 1.82) is 0 Å². The topological polar surface area (TPSA) is 48.2 Å². The third-order valence-electron chi connectivity index (χ3n) is 1.75. The second-order valence-corrected chi connectivity index (χ2v) is 2.69. The number of phenolic OH excluding ortho intramolecular Hbond substituents is 1. The first kappa shape index (κ1) is 7.79. The second-order valence-electron chi connectivity index (χ2n) is 2.69. The lowest BCUT2D eigenvalue weighted by atomic mass is 10.3. The van der Waals surface area contributed by atoms with Crippen molar-refractivity contribution >= 4 is 18.4 Å². The van der Waals surface area contributed by atoms with Crippen molar-refractivity contribution < 1.29 is 5.11 Å². The summed E-state index contributed by atoms with van der Waals surface area (Å²) in [5, 5.41) is 9.23. The first-order chi connectivity index (χ1) is 6.36. The van der Waals surface area contributed by atoms with E-state index in [2.05, 4.69) is 9.98 Å². The highest BCUT2D eigenvalue weighted by molar-refractivity contribution is 5.86. The van der Waals surface area contributed by atoms with Crippen LogP contribution in [0.4, 0.5) is 5.69 Å². The fraction of sp³-hybridized carbons (Fsp3) is 0.111. The molecule has 2 rings (SSSR count). The summed E-state index contributed by atoms with van der Waals surface area (Å²) < 4.78 is 0. The summed E-state index contributed by atoms with van der Waals surface area (Å²) in [5.74, 6) is 0.250. The van der Waals surface area contributed by atoms with Crippen LogP contribution in [0.1, 0.15) is 0 Å². The molecule has 4 heteroatoms. The quantitative estimate of drug-likeness (QED) is 0.697. The normalized spacial score (nSPS) is 14.9. The Hall–Kier alpha value is -1.84. The highest BCUT2D eigenvalue weighted by atomic mass is 16.3. The third kappa shape index (κ3) is 1.66. The summed E-state index contributed by atoms with van der Waals surface area (Å²) in [5.41, 5.74) is 0.889. The van der Waals surface area contributed by atoms with Crippen molar-refractivity contribution in [3.05, 3.63) is 24.3 Å². The highest BCUT2D eigenvalue weighted by Crippen LogP contribution is 2.19. The van der Waals surface area contributed by atoms with Gasteiger partial charge in [-0.2, -0.15) is 0 Å². The van der Waals surface area contributed by atoms with E-state index in [1.54, 1.807) is 24.5 Å². The summed E-state index contributed by atoms with van der Waals surface area (Å²) in [6.45, 7) is 0.549. The van der Waals surface area contributed by atoms with Crippen LogP contribution in [0.3, 0.4) is 0 Å². The molecular weight excluding hydrogens is 166 g/mol. The van der Waals surface area contributed by atoms with Crippen LogP contribution < -0.4 is 4.90 Å².